The number of aromatic nitrogens is 2. The Labute approximate surface area is 75.0 Å². The number of nitrogens with zero attached hydrogens (tertiary/aromatic N) is 2. The van der Waals surface area contributed by atoms with Crippen LogP contribution < -0.4 is 0 Å². The van der Waals surface area contributed by atoms with E-state index < -0.39 is 0 Å². The molecule has 12 heavy (non-hydrogen) atoms. The lowest BCUT2D eigenvalue weighted by molar-refractivity contribution is 0.777. The molecule has 0 radical (unpaired) electrons. The molecule has 0 saturated heterocycles. The van der Waals surface area contributed by atoms with Gasteiger partial charge in [0.05, 0.1) is 11.4 Å². The lowest BCUT2D eigenvalue weighted by atomic mass is 10.1. The van der Waals surface area contributed by atoms with Gasteiger partial charge in [0.25, 0.3) is 0 Å². The van der Waals surface area contributed by atoms with Crippen LogP contribution in [-0.4, -0.2) is 10.2 Å². The fourth-order valence-electron chi connectivity index (χ4n) is 0.717. The molecule has 0 saturated carbocycles. The van der Waals surface area contributed by atoms with Gasteiger partial charge in [-0.15, -0.1) is 0 Å². The predicted molar refractivity (Wildman–Crippen MR) is 52.2 cm³/mol. The molecule has 0 unspecified atom stereocenters. The quantitative estimate of drug-likeness (QED) is 0.641. The molecule has 0 atom stereocenters. The fourth-order valence-corrected chi connectivity index (χ4v) is 0.717. The Hall–Kier alpha value is -0.920. The van der Waals surface area contributed by atoms with Crippen molar-refractivity contribution >= 4 is 0 Å². The fraction of sp³-hybridized carbons (Fsp3) is 0.600. The van der Waals surface area contributed by atoms with Crippen molar-refractivity contribution in [3.63, 3.8) is 0 Å². The summed E-state index contributed by atoms with van der Waals surface area (Å²) in [5.74, 6) is 0.480. The van der Waals surface area contributed by atoms with E-state index in [0.29, 0.717) is 5.92 Å². The lowest BCUT2D eigenvalue weighted by Gasteiger charge is -2.00. The first-order valence-corrected chi connectivity index (χ1v) is 4.50. The van der Waals surface area contributed by atoms with E-state index in [2.05, 4.69) is 24.0 Å². The summed E-state index contributed by atoms with van der Waals surface area (Å²) >= 11 is 0. The van der Waals surface area contributed by atoms with E-state index in [1.54, 1.807) is 0 Å². The molecule has 2 heteroatoms. The molecule has 0 spiro atoms. The first-order valence-electron chi connectivity index (χ1n) is 4.50. The van der Waals surface area contributed by atoms with Gasteiger partial charge in [-0.25, -0.2) is 0 Å². The van der Waals surface area contributed by atoms with Crippen molar-refractivity contribution in [2.45, 2.75) is 40.5 Å². The summed E-state index contributed by atoms with van der Waals surface area (Å²) in [6.45, 7) is 10.2. The molecular formula is C10H18N2. The minimum Gasteiger partial charge on any atom is -0.156 e. The molecular weight excluding hydrogens is 148 g/mol. The van der Waals surface area contributed by atoms with Crippen LogP contribution >= 0.6 is 0 Å². The first-order chi connectivity index (χ1) is 5.70. The molecule has 0 N–H and O–H groups in total. The molecule has 0 aliphatic rings. The number of rotatable bonds is 1. The Morgan fingerprint density at radius 2 is 1.67 bits per heavy atom. The lowest BCUT2D eigenvalue weighted by Crippen LogP contribution is -1.95. The van der Waals surface area contributed by atoms with Crippen LogP contribution in [0.4, 0.5) is 0 Å². The van der Waals surface area contributed by atoms with Crippen LogP contribution in [0.5, 0.6) is 0 Å². The highest BCUT2D eigenvalue weighted by molar-refractivity contribution is 5.08. The Morgan fingerprint density at radius 3 is 2.00 bits per heavy atom. The van der Waals surface area contributed by atoms with Crippen molar-refractivity contribution in [1.29, 1.82) is 0 Å². The number of hydrogen-bond acceptors (Lipinski definition) is 2. The summed E-state index contributed by atoms with van der Waals surface area (Å²) in [5.41, 5.74) is 2.04. The van der Waals surface area contributed by atoms with Crippen molar-refractivity contribution in [2.24, 2.45) is 0 Å². The Bertz CT molecular complexity index is 202. The summed E-state index contributed by atoms with van der Waals surface area (Å²) in [6.07, 6.45) is 0. The second kappa shape index (κ2) is 5.70. The van der Waals surface area contributed by atoms with Crippen molar-refractivity contribution < 1.29 is 0 Å². The molecule has 0 aliphatic heterocycles. The first kappa shape index (κ1) is 11.1. The Morgan fingerprint density at radius 1 is 1.08 bits per heavy atom. The minimum atomic E-state index is 0.480. The molecule has 1 heterocycles. The van der Waals surface area contributed by atoms with Gasteiger partial charge in [-0.05, 0) is 25.0 Å². The van der Waals surface area contributed by atoms with E-state index in [9.17, 15) is 0 Å². The average molecular weight is 166 g/mol. The maximum Gasteiger partial charge on any atom is 0.0656 e. The van der Waals surface area contributed by atoms with Crippen LogP contribution in [0.1, 0.15) is 45.0 Å². The molecule has 2 nitrogen and oxygen atoms in total. The third-order valence-corrected chi connectivity index (χ3v) is 1.41. The molecule has 68 valence electrons. The summed E-state index contributed by atoms with van der Waals surface area (Å²) in [4.78, 5) is 0. The summed E-state index contributed by atoms with van der Waals surface area (Å²) < 4.78 is 0. The van der Waals surface area contributed by atoms with E-state index in [1.165, 1.54) is 0 Å². The van der Waals surface area contributed by atoms with Crippen LogP contribution in [-0.2, 0) is 0 Å². The van der Waals surface area contributed by atoms with Crippen LogP contribution in [0.15, 0.2) is 12.1 Å². The van der Waals surface area contributed by atoms with Gasteiger partial charge in [0.15, 0.2) is 0 Å². The smallest absolute Gasteiger partial charge is 0.0656 e. The van der Waals surface area contributed by atoms with Crippen molar-refractivity contribution in [1.82, 2.24) is 10.2 Å². The minimum absolute atomic E-state index is 0.480. The average Bonchev–Trinajstić information content (AvgIpc) is 2.09. The second-order valence-corrected chi connectivity index (χ2v) is 2.75. The van der Waals surface area contributed by atoms with Gasteiger partial charge in [-0.3, -0.25) is 0 Å². The molecule has 0 fully saturated rings. The van der Waals surface area contributed by atoms with Crippen LogP contribution in [0.25, 0.3) is 0 Å². The monoisotopic (exact) mass is 166 g/mol. The van der Waals surface area contributed by atoms with Crippen LogP contribution in [0, 0.1) is 6.92 Å². The zero-order valence-corrected chi connectivity index (χ0v) is 8.63. The molecule has 0 amide bonds. The molecule has 0 aromatic carbocycles. The predicted octanol–water partition coefficient (Wildman–Crippen LogP) is 2.93. The van der Waals surface area contributed by atoms with Gasteiger partial charge in [0, 0.05) is 0 Å². The topological polar surface area (TPSA) is 25.8 Å². The van der Waals surface area contributed by atoms with E-state index in [0.717, 1.165) is 11.4 Å². The van der Waals surface area contributed by atoms with E-state index in [4.69, 9.17) is 0 Å². The summed E-state index contributed by atoms with van der Waals surface area (Å²) in [6, 6.07) is 4.01. The maximum absolute atomic E-state index is 4.03. The highest BCUT2D eigenvalue weighted by Gasteiger charge is 1.98. The largest absolute Gasteiger partial charge is 0.156 e. The van der Waals surface area contributed by atoms with Crippen molar-refractivity contribution in [3.8, 4) is 0 Å². The van der Waals surface area contributed by atoms with Crippen LogP contribution in [0.2, 0.25) is 0 Å². The molecule has 0 aliphatic carbocycles. The molecule has 1 rings (SSSR count). The van der Waals surface area contributed by atoms with Gasteiger partial charge < -0.3 is 0 Å². The maximum atomic E-state index is 4.03. The summed E-state index contributed by atoms with van der Waals surface area (Å²) in [5, 5.41) is 7.98. The number of aryl methyl sites for hydroxylation is 1. The molecule has 1 aromatic heterocycles. The van der Waals surface area contributed by atoms with Crippen LogP contribution in [0.3, 0.4) is 0 Å². The van der Waals surface area contributed by atoms with Crippen molar-refractivity contribution in [3.05, 3.63) is 23.5 Å². The molecule has 1 aromatic rings. The second-order valence-electron chi connectivity index (χ2n) is 2.75. The summed E-state index contributed by atoms with van der Waals surface area (Å²) in [7, 11) is 0. The standard InChI is InChI=1S/C8H12N2.C2H6/c1-6(2)8-5-4-7(3)9-10-8;1-2/h4-6H,1-3H3;1-2H3. The Kier molecular flexibility index (Phi) is 5.26. The zero-order valence-electron chi connectivity index (χ0n) is 8.63. The number of hydrogen-bond donors (Lipinski definition) is 0. The highest BCUT2D eigenvalue weighted by Crippen LogP contribution is 2.08. The highest BCUT2D eigenvalue weighted by atomic mass is 15.1. The van der Waals surface area contributed by atoms with Gasteiger partial charge in [0.1, 0.15) is 0 Å². The normalized spacial score (nSPS) is 9.17. The van der Waals surface area contributed by atoms with E-state index >= 15 is 0 Å². The third-order valence-electron chi connectivity index (χ3n) is 1.41. The van der Waals surface area contributed by atoms with E-state index in [1.807, 2.05) is 32.9 Å². The van der Waals surface area contributed by atoms with Gasteiger partial charge in [-0.2, -0.15) is 10.2 Å². The van der Waals surface area contributed by atoms with Crippen molar-refractivity contribution in [2.75, 3.05) is 0 Å². The van der Waals surface area contributed by atoms with E-state index in [-0.39, 0.29) is 0 Å². The van der Waals surface area contributed by atoms with Gasteiger partial charge in [-0.1, -0.05) is 27.7 Å². The molecule has 0 bridgehead atoms. The van der Waals surface area contributed by atoms with Gasteiger partial charge >= 0.3 is 0 Å². The Balaban J connectivity index is 0.000000561. The van der Waals surface area contributed by atoms with Gasteiger partial charge in [0.2, 0.25) is 0 Å². The SMILES string of the molecule is CC.Cc1ccc(C(C)C)nn1. The zero-order chi connectivity index (χ0) is 9.56. The third kappa shape index (κ3) is 3.46.